The summed E-state index contributed by atoms with van der Waals surface area (Å²) < 4.78 is 5.57. The van der Waals surface area contributed by atoms with Crippen molar-refractivity contribution in [2.75, 3.05) is 6.54 Å². The van der Waals surface area contributed by atoms with Gasteiger partial charge in [-0.15, -0.1) is 0 Å². The van der Waals surface area contributed by atoms with Gasteiger partial charge >= 0.3 is 5.97 Å². The number of hydrogen-bond donors (Lipinski definition) is 2. The maximum atomic E-state index is 11.5. The Balaban J connectivity index is 2.59. The number of carboxylic acid groups (broad SMARTS) is 1. The van der Waals surface area contributed by atoms with E-state index in [1.165, 1.54) is 0 Å². The van der Waals surface area contributed by atoms with Crippen LogP contribution in [-0.4, -0.2) is 29.6 Å². The zero-order chi connectivity index (χ0) is 13.5. The van der Waals surface area contributed by atoms with Crippen molar-refractivity contribution >= 4 is 11.9 Å². The van der Waals surface area contributed by atoms with Crippen molar-refractivity contribution in [3.63, 3.8) is 0 Å². The monoisotopic (exact) mass is 251 g/mol. The predicted octanol–water partition coefficient (Wildman–Crippen LogP) is 1.68. The highest BCUT2D eigenvalue weighted by Crippen LogP contribution is 2.14. The van der Waals surface area contributed by atoms with E-state index in [9.17, 15) is 9.59 Å². The first-order valence-corrected chi connectivity index (χ1v) is 5.79. The van der Waals surface area contributed by atoms with E-state index in [4.69, 9.17) is 9.84 Å². The number of nitrogens with one attached hydrogen (secondary N) is 1. The minimum atomic E-state index is -1.07. The zero-order valence-corrected chi connectivity index (χ0v) is 10.5. The van der Waals surface area contributed by atoms with Crippen molar-refractivity contribution < 1.29 is 19.4 Å². The molecular weight excluding hydrogens is 234 g/mol. The Morgan fingerprint density at radius 3 is 2.44 bits per heavy atom. The van der Waals surface area contributed by atoms with E-state index < -0.39 is 11.9 Å². The fourth-order valence-electron chi connectivity index (χ4n) is 1.26. The molecule has 1 aromatic rings. The second kappa shape index (κ2) is 6.64. The second-order valence-electron chi connectivity index (χ2n) is 3.94. The number of hydrogen-bond acceptors (Lipinski definition) is 3. The second-order valence-corrected chi connectivity index (χ2v) is 3.94. The number of carbonyl (C=O) groups excluding carboxylic acids is 1. The van der Waals surface area contributed by atoms with Crippen LogP contribution in [0.3, 0.4) is 0 Å². The fourth-order valence-corrected chi connectivity index (χ4v) is 1.26. The molecule has 1 rings (SSSR count). The molecule has 0 spiro atoms. The molecule has 0 saturated heterocycles. The van der Waals surface area contributed by atoms with Gasteiger partial charge in [0.25, 0.3) is 5.91 Å². The number of amides is 1. The molecule has 1 amide bonds. The molecule has 5 heteroatoms. The van der Waals surface area contributed by atoms with Crippen LogP contribution in [0.1, 0.15) is 30.6 Å². The molecule has 0 aliphatic carbocycles. The number of rotatable bonds is 6. The maximum absolute atomic E-state index is 11.5. The van der Waals surface area contributed by atoms with Crippen LogP contribution in [-0.2, 0) is 4.79 Å². The summed E-state index contributed by atoms with van der Waals surface area (Å²) in [7, 11) is 0. The number of carbonyl (C=O) groups is 2. The highest BCUT2D eigenvalue weighted by Gasteiger charge is 2.07. The van der Waals surface area contributed by atoms with Crippen LogP contribution in [0, 0.1) is 0 Å². The average Bonchev–Trinajstić information content (AvgIpc) is 2.36. The third kappa shape index (κ3) is 4.45. The van der Waals surface area contributed by atoms with Crippen molar-refractivity contribution in [2.24, 2.45) is 0 Å². The van der Waals surface area contributed by atoms with Gasteiger partial charge in [0, 0.05) is 5.56 Å². The zero-order valence-electron chi connectivity index (χ0n) is 10.5. The van der Waals surface area contributed by atoms with Gasteiger partial charge in [0.15, 0.2) is 0 Å². The smallest absolute Gasteiger partial charge is 0.322 e. The van der Waals surface area contributed by atoms with Gasteiger partial charge in [0.2, 0.25) is 0 Å². The first kappa shape index (κ1) is 14.0. The molecule has 5 nitrogen and oxygen atoms in total. The molecule has 0 aromatic heterocycles. The van der Waals surface area contributed by atoms with Gasteiger partial charge < -0.3 is 15.2 Å². The molecule has 0 bridgehead atoms. The van der Waals surface area contributed by atoms with E-state index in [2.05, 4.69) is 5.32 Å². The third-order valence-corrected chi connectivity index (χ3v) is 2.43. The summed E-state index contributed by atoms with van der Waals surface area (Å²) in [5.74, 6) is -0.785. The van der Waals surface area contributed by atoms with Gasteiger partial charge in [-0.3, -0.25) is 9.59 Å². The van der Waals surface area contributed by atoms with Crippen LogP contribution in [0.15, 0.2) is 24.3 Å². The van der Waals surface area contributed by atoms with Crippen molar-refractivity contribution in [2.45, 2.75) is 26.4 Å². The van der Waals surface area contributed by atoms with Crippen molar-refractivity contribution in [3.8, 4) is 5.75 Å². The molecule has 1 unspecified atom stereocenters. The summed E-state index contributed by atoms with van der Waals surface area (Å²) in [4.78, 5) is 21.8. The molecule has 98 valence electrons. The van der Waals surface area contributed by atoms with E-state index in [0.717, 1.165) is 6.42 Å². The number of ether oxygens (including phenoxy) is 1. The van der Waals surface area contributed by atoms with E-state index in [1.807, 2.05) is 13.8 Å². The molecule has 2 N–H and O–H groups in total. The van der Waals surface area contributed by atoms with E-state index in [-0.39, 0.29) is 12.6 Å². The molecule has 1 aromatic carbocycles. The van der Waals surface area contributed by atoms with Crippen molar-refractivity contribution in [1.29, 1.82) is 0 Å². The van der Waals surface area contributed by atoms with E-state index >= 15 is 0 Å². The van der Waals surface area contributed by atoms with Crippen LogP contribution in [0.25, 0.3) is 0 Å². The molecule has 0 fully saturated rings. The van der Waals surface area contributed by atoms with Crippen LogP contribution >= 0.6 is 0 Å². The summed E-state index contributed by atoms with van der Waals surface area (Å²) in [5, 5.41) is 10.7. The normalized spacial score (nSPS) is 11.7. The van der Waals surface area contributed by atoms with Crippen LogP contribution < -0.4 is 10.1 Å². The third-order valence-electron chi connectivity index (χ3n) is 2.43. The minimum Gasteiger partial charge on any atom is -0.491 e. The standard InChI is InChI=1S/C13H17NO4/c1-3-9(2)18-11-6-4-10(5-7-11)13(17)14-8-12(15)16/h4-7,9H,3,8H2,1-2H3,(H,14,17)(H,15,16). The molecule has 0 aliphatic rings. The highest BCUT2D eigenvalue weighted by molar-refractivity contribution is 5.95. The molecule has 0 heterocycles. The molecule has 1 atom stereocenters. The summed E-state index contributed by atoms with van der Waals surface area (Å²) in [6.07, 6.45) is 1.03. The Labute approximate surface area is 106 Å². The Bertz CT molecular complexity index is 414. The summed E-state index contributed by atoms with van der Waals surface area (Å²) in [6.45, 7) is 3.61. The Hall–Kier alpha value is -2.04. The number of benzene rings is 1. The Morgan fingerprint density at radius 2 is 1.94 bits per heavy atom. The Kier molecular flexibility index (Phi) is 5.17. The quantitative estimate of drug-likeness (QED) is 0.806. The summed E-state index contributed by atoms with van der Waals surface area (Å²) in [6, 6.07) is 6.60. The predicted molar refractivity (Wildman–Crippen MR) is 66.8 cm³/mol. The summed E-state index contributed by atoms with van der Waals surface area (Å²) in [5.41, 5.74) is 0.410. The van der Waals surface area contributed by atoms with Gasteiger partial charge in [0.1, 0.15) is 12.3 Å². The molecular formula is C13H17NO4. The highest BCUT2D eigenvalue weighted by atomic mass is 16.5. The van der Waals surface area contributed by atoms with E-state index in [1.54, 1.807) is 24.3 Å². The maximum Gasteiger partial charge on any atom is 0.322 e. The molecule has 18 heavy (non-hydrogen) atoms. The van der Waals surface area contributed by atoms with Crippen LogP contribution in [0.2, 0.25) is 0 Å². The van der Waals surface area contributed by atoms with Crippen LogP contribution in [0.4, 0.5) is 0 Å². The van der Waals surface area contributed by atoms with Gasteiger partial charge in [-0.2, -0.15) is 0 Å². The van der Waals surface area contributed by atoms with Gasteiger partial charge in [0.05, 0.1) is 6.10 Å². The van der Waals surface area contributed by atoms with Crippen LogP contribution in [0.5, 0.6) is 5.75 Å². The summed E-state index contributed by atoms with van der Waals surface area (Å²) >= 11 is 0. The lowest BCUT2D eigenvalue weighted by molar-refractivity contribution is -0.135. The lowest BCUT2D eigenvalue weighted by atomic mass is 10.2. The van der Waals surface area contributed by atoms with Gasteiger partial charge in [-0.25, -0.2) is 0 Å². The van der Waals surface area contributed by atoms with E-state index in [0.29, 0.717) is 11.3 Å². The average molecular weight is 251 g/mol. The lowest BCUT2D eigenvalue weighted by Gasteiger charge is -2.12. The van der Waals surface area contributed by atoms with Gasteiger partial charge in [-0.1, -0.05) is 6.92 Å². The first-order valence-electron chi connectivity index (χ1n) is 5.79. The van der Waals surface area contributed by atoms with Crippen molar-refractivity contribution in [3.05, 3.63) is 29.8 Å². The largest absolute Gasteiger partial charge is 0.491 e. The molecule has 0 aliphatic heterocycles. The topological polar surface area (TPSA) is 75.6 Å². The van der Waals surface area contributed by atoms with Gasteiger partial charge in [-0.05, 0) is 37.6 Å². The fraction of sp³-hybridized carbons (Fsp3) is 0.385. The lowest BCUT2D eigenvalue weighted by Crippen LogP contribution is -2.29. The van der Waals surface area contributed by atoms with Crippen molar-refractivity contribution in [1.82, 2.24) is 5.32 Å². The Morgan fingerprint density at radius 1 is 1.33 bits per heavy atom. The first-order chi connectivity index (χ1) is 8.52. The minimum absolute atomic E-state index is 0.122. The number of carboxylic acids is 1. The SMILES string of the molecule is CCC(C)Oc1ccc(C(=O)NCC(=O)O)cc1. The number of aliphatic carboxylic acids is 1. The molecule has 0 saturated carbocycles. The molecule has 0 radical (unpaired) electrons.